The zero-order valence-electron chi connectivity index (χ0n) is 76.3. The van der Waals surface area contributed by atoms with Crippen molar-refractivity contribution in [3.63, 3.8) is 0 Å². The molecule has 72 nitrogen and oxygen atoms in total. The summed E-state index contributed by atoms with van der Waals surface area (Å²) in [6.07, 6.45) is -142. The van der Waals surface area contributed by atoms with Crippen LogP contribution in [0, 0.1) is 0 Å². The second-order valence-corrected chi connectivity index (χ2v) is 39.8. The zero-order chi connectivity index (χ0) is 110. The van der Waals surface area contributed by atoms with Crippen LogP contribution in [0.2, 0.25) is 0 Å². The predicted molar refractivity (Wildman–Crippen MR) is 441 cm³/mol. The maximum atomic E-state index is 14.4. The van der Waals surface area contributed by atoms with Crippen LogP contribution in [0.5, 0.6) is 0 Å². The molecular formula is C73H128N3O69P3. The molecule has 0 spiro atoms. The maximum Gasteiger partial charge on any atom is 0.470 e. The molecule has 11 fully saturated rings. The fourth-order valence-corrected chi connectivity index (χ4v) is 19.8. The third-order valence-corrected chi connectivity index (χ3v) is 27.7. The summed E-state index contributed by atoms with van der Waals surface area (Å²) in [6.45, 7) is -16.2. The molecule has 46 N–H and O–H groups in total. The van der Waals surface area contributed by atoms with Gasteiger partial charge in [-0.25, -0.2) is 23.3 Å². The smallest absolute Gasteiger partial charge is 0.470 e. The number of hydrogen-bond donors (Lipinski definition) is 43. The van der Waals surface area contributed by atoms with E-state index in [9.17, 15) is 226 Å². The van der Waals surface area contributed by atoms with E-state index in [2.05, 4.69) is 0 Å². The molecule has 11 rings (SSSR count). The first-order valence-corrected chi connectivity index (χ1v) is 49.6. The molecule has 0 radical (unpaired) electrons. The van der Waals surface area contributed by atoms with Crippen molar-refractivity contribution in [2.24, 2.45) is 17.2 Å². The molecule has 0 amide bonds. The standard InChI is InChI=1S/C73H128N3O69P3/c74-27-36(97)34(95)25(125-61(27)108)12-123-62-29(76)38(99)52(143-146(113,114)115)26(130-62)13-124-72(70(109)110)2-20(140-73(71(111)112)1-14(85)30(91)48(141-73)16(87)4-78)53(51(142-72)18(89)6-80)134-66-45(106)55(58(144-147(116,117)118)49(132-66)17(88)5-79)136-67-46(107)56(59(145-148(119,120)121)50(133-67)19(90)11-122-64-43(104)40(101)42(103)47(131-64)15(86)3-77)137-69-60(54(35(96)24(10-84)129-69)135-63-28(75)37(98)31(92)21(7-81)126-63)139-68-57(41(102)33(94)23(9-83)128-68)138-65-44(105)39(100)32(93)22(8-82)127-65/h14-69,77-108H,1-13,74-76H2,(H,109,110)(H,111,112)(H2,113,114,115)(H2,116,117,118)(H2,119,120,121)/t14-,15+,16-,17+,18-,19+,20-,21-,22-,23-,24-,25-,26-,27-,28-,29-,30-,31-,32-,33-,34-,35+,36-,37-,38-,39+,40+,41+,42+,43+,44-,45+,46+,47-,48-,49-,50-,51-,52-,53-,54+,55-,56-,57-,58-,59-,60-,61+,62-,63+,64+,65-,66-,67-,68-,69-,72-,73-/m1/s1. The Hall–Kier alpha value is -2.97. The van der Waals surface area contributed by atoms with Crippen molar-refractivity contribution in [1.29, 1.82) is 0 Å². The molecule has 864 valence electrons. The van der Waals surface area contributed by atoms with Gasteiger partial charge in [0.05, 0.1) is 103 Å². The topological polar surface area (TPSA) is 1190 Å². The monoisotopic (exact) mass is 2240 g/mol. The average Bonchev–Trinajstić information content (AvgIpc) is 0.735. The molecule has 58 atom stereocenters. The average molecular weight is 2240 g/mol. The van der Waals surface area contributed by atoms with Gasteiger partial charge in [0.1, 0.15) is 256 Å². The van der Waals surface area contributed by atoms with E-state index in [1.54, 1.807) is 0 Å². The minimum Gasteiger partial charge on any atom is -0.477 e. The summed E-state index contributed by atoms with van der Waals surface area (Å²) < 4.78 is 178. The number of carboxylic acid groups (broad SMARTS) is 2. The molecule has 75 heteroatoms. The van der Waals surface area contributed by atoms with Crippen molar-refractivity contribution in [3.05, 3.63) is 0 Å². The van der Waals surface area contributed by atoms with Gasteiger partial charge in [0.15, 0.2) is 56.6 Å². The van der Waals surface area contributed by atoms with Gasteiger partial charge in [0.25, 0.3) is 11.6 Å². The lowest BCUT2D eigenvalue weighted by Crippen LogP contribution is -2.71. The number of carboxylic acids is 2. The Balaban J connectivity index is 1.06. The largest absolute Gasteiger partial charge is 0.477 e. The normalized spacial score (nSPS) is 47.8. The van der Waals surface area contributed by atoms with Crippen LogP contribution < -0.4 is 17.2 Å². The van der Waals surface area contributed by atoms with Gasteiger partial charge in [-0.05, 0) is 0 Å². The van der Waals surface area contributed by atoms with Gasteiger partial charge in [0, 0.05) is 12.8 Å². The molecule has 0 unspecified atom stereocenters. The summed E-state index contributed by atoms with van der Waals surface area (Å²) in [5.41, 5.74) is 18.2. The second-order valence-electron chi connectivity index (χ2n) is 36.2. The number of phosphoric acid groups is 3. The van der Waals surface area contributed by atoms with Crippen LogP contribution in [-0.4, -0.2) is 642 Å². The van der Waals surface area contributed by atoms with Gasteiger partial charge in [-0.3, -0.25) is 13.6 Å². The van der Waals surface area contributed by atoms with Gasteiger partial charge in [-0.2, -0.15) is 0 Å². The van der Waals surface area contributed by atoms with Crippen molar-refractivity contribution >= 4 is 35.4 Å². The Morgan fingerprint density at radius 2 is 0.682 bits per heavy atom. The fraction of sp³-hybridized carbons (Fsp3) is 0.973. The van der Waals surface area contributed by atoms with Crippen molar-refractivity contribution in [2.45, 2.75) is 368 Å². The highest BCUT2D eigenvalue weighted by Gasteiger charge is 2.68. The number of rotatable bonds is 44. The number of aliphatic carboxylic acids is 2. The van der Waals surface area contributed by atoms with Crippen molar-refractivity contribution in [3.8, 4) is 0 Å². The minimum atomic E-state index is -6.58. The fourth-order valence-electron chi connectivity index (χ4n) is 18.1. The maximum absolute atomic E-state index is 14.4. The van der Waals surface area contributed by atoms with E-state index >= 15 is 0 Å². The number of phosphoric ester groups is 3. The first-order valence-electron chi connectivity index (χ1n) is 45.0. The summed E-state index contributed by atoms with van der Waals surface area (Å²) in [5, 5.41) is 381. The highest BCUT2D eigenvalue weighted by atomic mass is 31.2. The van der Waals surface area contributed by atoms with Crippen LogP contribution in [0.1, 0.15) is 12.8 Å². The first-order chi connectivity index (χ1) is 69.1. The molecule has 11 saturated heterocycles. The number of hydrogen-bond acceptors (Lipinski definition) is 64. The molecule has 0 aromatic rings. The van der Waals surface area contributed by atoms with Gasteiger partial charge in [-0.15, -0.1) is 0 Å². The lowest BCUT2D eigenvalue weighted by Gasteiger charge is -2.53. The lowest BCUT2D eigenvalue weighted by atomic mass is 9.89. The van der Waals surface area contributed by atoms with Gasteiger partial charge >= 0.3 is 35.4 Å². The number of aliphatic hydroxyl groups is 32. The van der Waals surface area contributed by atoms with Gasteiger partial charge < -0.3 is 320 Å². The van der Waals surface area contributed by atoms with E-state index < -0.39 is 476 Å². The number of aliphatic hydroxyl groups excluding tert-OH is 32. The van der Waals surface area contributed by atoms with Crippen LogP contribution in [0.3, 0.4) is 0 Å². The Morgan fingerprint density at radius 1 is 0.304 bits per heavy atom. The van der Waals surface area contributed by atoms with E-state index in [4.69, 9.17) is 130 Å². The van der Waals surface area contributed by atoms with Crippen LogP contribution in [0.25, 0.3) is 0 Å². The minimum absolute atomic E-state index is 1.03. The summed E-state index contributed by atoms with van der Waals surface area (Å²) in [7, 11) is -19.1. The van der Waals surface area contributed by atoms with E-state index in [1.165, 1.54) is 0 Å². The molecule has 0 bridgehead atoms. The molecule has 11 aliphatic heterocycles. The van der Waals surface area contributed by atoms with E-state index in [0.717, 1.165) is 0 Å². The Kier molecular flexibility index (Phi) is 44.0. The first kappa shape index (κ1) is 125. The number of carbonyl (C=O) groups is 2. The summed E-state index contributed by atoms with van der Waals surface area (Å²) >= 11 is 0. The predicted octanol–water partition coefficient (Wildman–Crippen LogP) is -27.0. The van der Waals surface area contributed by atoms with Crippen molar-refractivity contribution < 1.29 is 339 Å². The lowest BCUT2D eigenvalue weighted by molar-refractivity contribution is -0.418. The highest BCUT2D eigenvalue weighted by Crippen LogP contribution is 2.51. The number of ether oxygens (including phenoxy) is 21. The van der Waals surface area contributed by atoms with Crippen LogP contribution >= 0.6 is 23.5 Å². The van der Waals surface area contributed by atoms with E-state index in [-0.39, 0.29) is 0 Å². The van der Waals surface area contributed by atoms with Crippen LogP contribution in [0.15, 0.2) is 0 Å². The van der Waals surface area contributed by atoms with Gasteiger partial charge in [-0.1, -0.05) is 0 Å². The van der Waals surface area contributed by atoms with Crippen molar-refractivity contribution in [2.75, 3.05) is 72.7 Å². The molecule has 0 aromatic carbocycles. The molecular weight excluding hydrogens is 2120 g/mol. The molecule has 11 heterocycles. The molecule has 0 aromatic heterocycles. The second kappa shape index (κ2) is 52.0. The summed E-state index contributed by atoms with van der Waals surface area (Å²) in [4.78, 5) is 92.3. The van der Waals surface area contributed by atoms with Crippen molar-refractivity contribution in [1.82, 2.24) is 0 Å². The summed E-state index contributed by atoms with van der Waals surface area (Å²) in [6, 6.07) is -5.84. The Morgan fingerprint density at radius 3 is 1.21 bits per heavy atom. The Bertz CT molecular complexity index is 4290. The zero-order valence-corrected chi connectivity index (χ0v) is 79.0. The van der Waals surface area contributed by atoms with Crippen LogP contribution in [-0.2, 0) is 136 Å². The van der Waals surface area contributed by atoms with E-state index in [1.807, 2.05) is 0 Å². The quantitative estimate of drug-likeness (QED) is 0.0252. The molecule has 11 aliphatic rings. The van der Waals surface area contributed by atoms with Crippen LogP contribution in [0.4, 0.5) is 0 Å². The number of nitrogens with two attached hydrogens (primary N) is 3. The van der Waals surface area contributed by atoms with E-state index in [0.29, 0.717) is 0 Å². The Labute approximate surface area is 829 Å². The SMILES string of the molecule is N[C@@H]1[C@@H](O)[C@H](O)[C@@H](CO[C@@H]2O[C@H](CO[C@]3(C(=O)O)C[C@@H](O[C@]4(C(=O)O)C[C@@H](O)[C@@H](O)[C@@H]([C@H](O)CO)O4)[C@@H](O[C@H]4O[C@H]([C@@H](O)CO)[C@@H](OP(=O)(O)O)[C@H](O[C@H]5O[C@H]([C@@H](O)CO[C@H]6O[C@H]([C@@H](O)CO)[C@@H](O)[C@H](O)[C@@H]6O)[C@@H](OP(=O)(O)O)[C@H](O[C@H]6O[C@H](CO)[C@H](O)[C@H](O[C@@H]7O[C@H](CO)[C@@H](O)[C@H](O)[C@H]7N)[C@H]6O[C@H]6O[C@H](CO)[C@@H](O)[C@H](O)[C@H]6O[C@H]6O[C@H](CO)[C@@H](O)[C@H](O)[C@H]6O)[C@@H]5O)[C@@H]4O)[C@@H]([C@H](O)CO)O3)[C@@H](OP(=O)(O)O)[C@H](O)[C@H]2N)O[C@@H]1O. The summed E-state index contributed by atoms with van der Waals surface area (Å²) in [5.74, 6) is -12.8. The highest BCUT2D eigenvalue weighted by molar-refractivity contribution is 7.46. The third kappa shape index (κ3) is 28.0. The third-order valence-electron chi connectivity index (χ3n) is 26.1. The molecule has 148 heavy (non-hydrogen) atoms. The van der Waals surface area contributed by atoms with Gasteiger partial charge in [0.2, 0.25) is 0 Å². The molecule has 0 saturated carbocycles. The molecule has 0 aliphatic carbocycles.